The van der Waals surface area contributed by atoms with E-state index < -0.39 is 13.8 Å². The van der Waals surface area contributed by atoms with Crippen molar-refractivity contribution >= 4 is 7.60 Å². The second-order valence-corrected chi connectivity index (χ2v) is 5.01. The Bertz CT molecular complexity index is 422. The summed E-state index contributed by atoms with van der Waals surface area (Å²) in [5.74, 6) is 0.662. The maximum absolute atomic E-state index is 10.6. The molecule has 0 heterocycles. The van der Waals surface area contributed by atoms with Gasteiger partial charge < -0.3 is 19.1 Å². The smallest absolute Gasteiger partial charge is 0.122 e. The molecule has 0 aliphatic carbocycles. The zero-order valence-corrected chi connectivity index (χ0v) is 9.91. The summed E-state index contributed by atoms with van der Waals surface area (Å²) in [7, 11) is -4.50. The van der Waals surface area contributed by atoms with Crippen LogP contribution in [0.3, 0.4) is 0 Å². The fourth-order valence-electron chi connectivity index (χ4n) is 1.34. The molecule has 0 atom stereocenters. The molecule has 0 spiro atoms. The first-order valence-corrected chi connectivity index (χ1v) is 6.49. The van der Waals surface area contributed by atoms with Crippen molar-refractivity contribution < 1.29 is 19.1 Å². The number of ether oxygens (including phenoxy) is 1. The van der Waals surface area contributed by atoms with E-state index in [1.165, 1.54) is 0 Å². The third-order valence-corrected chi connectivity index (χ3v) is 2.72. The Balaban J connectivity index is 2.82. The van der Waals surface area contributed by atoms with Gasteiger partial charge in [-0.15, -0.1) is 0 Å². The normalized spacial score (nSPS) is 11.2. The quantitative estimate of drug-likeness (QED) is 0.568. The highest BCUT2D eigenvalue weighted by atomic mass is 31.2. The Labute approximate surface area is 94.7 Å². The van der Waals surface area contributed by atoms with Gasteiger partial charge in [-0.05, 0) is 24.1 Å². The minimum Gasteiger partial charge on any atom is -0.810 e. The molecule has 1 aromatic rings. The summed E-state index contributed by atoms with van der Waals surface area (Å²) in [6.07, 6.45) is 1.16. The number of rotatable bonds is 5. The average Bonchev–Trinajstić information content (AvgIpc) is 2.14. The monoisotopic (exact) mass is 240 g/mol. The molecule has 88 valence electrons. The Morgan fingerprint density at radius 3 is 2.69 bits per heavy atom. The summed E-state index contributed by atoms with van der Waals surface area (Å²) in [6, 6.07) is 4.87. The molecule has 0 aromatic heterocycles. The summed E-state index contributed by atoms with van der Waals surface area (Å²) >= 11 is 0. The lowest BCUT2D eigenvalue weighted by Gasteiger charge is -2.29. The first kappa shape index (κ1) is 13.0. The molecule has 0 amide bonds. The standard InChI is InChI=1S/C11H15O4P/c1-3-6-15-11-5-4-10(7-9(11)2)8-16(12,13)14/h3-5,7H,1,6,8H2,2H3,(H2,12,13,14)/p-2. The van der Waals surface area contributed by atoms with Crippen molar-refractivity contribution in [2.24, 2.45) is 0 Å². The molecule has 0 bridgehead atoms. The summed E-state index contributed by atoms with van der Waals surface area (Å²) in [4.78, 5) is 21.2. The molecular formula is C11H13O4P-2. The third kappa shape index (κ3) is 4.19. The maximum atomic E-state index is 10.6. The van der Waals surface area contributed by atoms with E-state index in [2.05, 4.69) is 6.58 Å². The van der Waals surface area contributed by atoms with E-state index in [0.717, 1.165) is 5.56 Å². The van der Waals surface area contributed by atoms with Gasteiger partial charge in [0, 0.05) is 6.16 Å². The fraction of sp³-hybridized carbons (Fsp3) is 0.273. The van der Waals surface area contributed by atoms with Gasteiger partial charge in [-0.2, -0.15) is 0 Å². The van der Waals surface area contributed by atoms with Gasteiger partial charge in [0.05, 0.1) is 0 Å². The van der Waals surface area contributed by atoms with E-state index in [0.29, 0.717) is 17.9 Å². The molecular weight excluding hydrogens is 227 g/mol. The largest absolute Gasteiger partial charge is 0.810 e. The summed E-state index contributed by atoms with van der Waals surface area (Å²) < 4.78 is 15.9. The van der Waals surface area contributed by atoms with Gasteiger partial charge in [-0.25, -0.2) is 0 Å². The number of aryl methyl sites for hydroxylation is 1. The average molecular weight is 240 g/mol. The van der Waals surface area contributed by atoms with Gasteiger partial charge in [0.2, 0.25) is 0 Å². The lowest BCUT2D eigenvalue weighted by atomic mass is 10.1. The van der Waals surface area contributed by atoms with Crippen LogP contribution in [-0.2, 0) is 10.7 Å². The van der Waals surface area contributed by atoms with Crippen molar-refractivity contribution in [1.29, 1.82) is 0 Å². The minimum atomic E-state index is -4.50. The van der Waals surface area contributed by atoms with Gasteiger partial charge in [0.25, 0.3) is 0 Å². The van der Waals surface area contributed by atoms with E-state index in [1.807, 2.05) is 0 Å². The van der Waals surface area contributed by atoms with Gasteiger partial charge in [0.1, 0.15) is 12.4 Å². The highest BCUT2D eigenvalue weighted by Crippen LogP contribution is 2.31. The maximum Gasteiger partial charge on any atom is 0.122 e. The molecule has 0 saturated carbocycles. The molecule has 16 heavy (non-hydrogen) atoms. The Kier molecular flexibility index (Phi) is 4.30. The minimum absolute atomic E-state index is 0.391. The fourth-order valence-corrected chi connectivity index (χ4v) is 1.99. The predicted octanol–water partition coefficient (Wildman–Crippen LogP) is 0.974. The Morgan fingerprint density at radius 1 is 1.50 bits per heavy atom. The molecule has 0 aliphatic heterocycles. The van der Waals surface area contributed by atoms with Gasteiger partial charge in [-0.1, -0.05) is 32.4 Å². The van der Waals surface area contributed by atoms with Crippen molar-refractivity contribution in [3.63, 3.8) is 0 Å². The molecule has 0 saturated heterocycles. The van der Waals surface area contributed by atoms with Crippen LogP contribution in [0.15, 0.2) is 30.9 Å². The van der Waals surface area contributed by atoms with Crippen LogP contribution in [0.5, 0.6) is 5.75 Å². The molecule has 0 aliphatic rings. The van der Waals surface area contributed by atoms with Crippen LogP contribution in [0.2, 0.25) is 0 Å². The van der Waals surface area contributed by atoms with Gasteiger partial charge in [0.15, 0.2) is 0 Å². The van der Waals surface area contributed by atoms with E-state index in [-0.39, 0.29) is 0 Å². The second kappa shape index (κ2) is 5.30. The van der Waals surface area contributed by atoms with Gasteiger partial charge >= 0.3 is 0 Å². The number of hydrogen-bond acceptors (Lipinski definition) is 4. The van der Waals surface area contributed by atoms with Crippen LogP contribution >= 0.6 is 7.60 Å². The number of benzene rings is 1. The molecule has 0 radical (unpaired) electrons. The first-order chi connectivity index (χ1) is 7.42. The van der Waals surface area contributed by atoms with Crippen LogP contribution in [0.4, 0.5) is 0 Å². The zero-order valence-electron chi connectivity index (χ0n) is 9.01. The Hall–Kier alpha value is -1.09. The highest BCUT2D eigenvalue weighted by molar-refractivity contribution is 7.47. The zero-order chi connectivity index (χ0) is 12.2. The summed E-state index contributed by atoms with van der Waals surface area (Å²) in [5.41, 5.74) is 1.28. The van der Waals surface area contributed by atoms with E-state index in [9.17, 15) is 14.4 Å². The Morgan fingerprint density at radius 2 is 2.19 bits per heavy atom. The first-order valence-electron chi connectivity index (χ1n) is 4.76. The topological polar surface area (TPSA) is 72.4 Å². The van der Waals surface area contributed by atoms with Crippen LogP contribution in [-0.4, -0.2) is 6.61 Å². The molecule has 0 unspecified atom stereocenters. The van der Waals surface area contributed by atoms with Gasteiger partial charge in [-0.3, -0.25) is 0 Å². The van der Waals surface area contributed by atoms with E-state index >= 15 is 0 Å². The third-order valence-electron chi connectivity index (χ3n) is 1.97. The molecule has 0 N–H and O–H groups in total. The van der Waals surface area contributed by atoms with E-state index in [4.69, 9.17) is 4.74 Å². The van der Waals surface area contributed by atoms with E-state index in [1.54, 1.807) is 31.2 Å². The second-order valence-electron chi connectivity index (χ2n) is 3.47. The highest BCUT2D eigenvalue weighted by Gasteiger charge is 2.02. The van der Waals surface area contributed by atoms with Crippen molar-refractivity contribution in [2.75, 3.05) is 6.61 Å². The molecule has 4 nitrogen and oxygen atoms in total. The predicted molar refractivity (Wildman–Crippen MR) is 58.2 cm³/mol. The molecule has 0 fully saturated rings. The number of hydrogen-bond donors (Lipinski definition) is 0. The summed E-state index contributed by atoms with van der Waals surface area (Å²) in [6.45, 7) is 5.71. The lowest BCUT2D eigenvalue weighted by Crippen LogP contribution is -2.15. The molecule has 5 heteroatoms. The van der Waals surface area contributed by atoms with Crippen molar-refractivity contribution in [2.45, 2.75) is 13.1 Å². The van der Waals surface area contributed by atoms with Crippen LogP contribution in [0, 0.1) is 6.92 Å². The van der Waals surface area contributed by atoms with Crippen molar-refractivity contribution in [3.05, 3.63) is 42.0 Å². The van der Waals surface area contributed by atoms with Crippen LogP contribution < -0.4 is 14.5 Å². The lowest BCUT2D eigenvalue weighted by molar-refractivity contribution is -0.314. The summed E-state index contributed by atoms with van der Waals surface area (Å²) in [5, 5.41) is 0. The molecule has 1 rings (SSSR count). The molecule has 1 aromatic carbocycles. The van der Waals surface area contributed by atoms with Crippen molar-refractivity contribution in [3.8, 4) is 5.75 Å². The van der Waals surface area contributed by atoms with Crippen LogP contribution in [0.25, 0.3) is 0 Å². The van der Waals surface area contributed by atoms with Crippen molar-refractivity contribution in [1.82, 2.24) is 0 Å². The van der Waals surface area contributed by atoms with Crippen LogP contribution in [0.1, 0.15) is 11.1 Å². The SMILES string of the molecule is C=CCOc1ccc(CP(=O)([O-])[O-])cc1C.